The molecule has 2 amide bonds. The van der Waals surface area contributed by atoms with Crippen molar-refractivity contribution in [2.75, 3.05) is 26.2 Å². The molecule has 1 atom stereocenters. The summed E-state index contributed by atoms with van der Waals surface area (Å²) < 4.78 is 5.63. The van der Waals surface area contributed by atoms with E-state index in [1.165, 1.54) is 0 Å². The Bertz CT molecular complexity index is 582. The minimum absolute atomic E-state index is 0.0992. The molecule has 23 heavy (non-hydrogen) atoms. The maximum Gasteiger partial charge on any atom is 0.317 e. The van der Waals surface area contributed by atoms with Gasteiger partial charge in [0.1, 0.15) is 5.75 Å². The minimum Gasteiger partial charge on any atom is -0.493 e. The van der Waals surface area contributed by atoms with Gasteiger partial charge in [0, 0.05) is 25.6 Å². The molecule has 0 bridgehead atoms. The van der Waals surface area contributed by atoms with Crippen molar-refractivity contribution in [3.05, 3.63) is 29.8 Å². The number of benzene rings is 1. The van der Waals surface area contributed by atoms with E-state index in [0.717, 1.165) is 17.7 Å². The van der Waals surface area contributed by atoms with Crippen molar-refractivity contribution in [1.82, 2.24) is 10.2 Å². The monoisotopic (exact) mass is 318 g/mol. The lowest BCUT2D eigenvalue weighted by Gasteiger charge is -2.31. The van der Waals surface area contributed by atoms with E-state index >= 15 is 0 Å². The van der Waals surface area contributed by atoms with Crippen LogP contribution in [-0.2, 0) is 4.79 Å². The Labute approximate surface area is 135 Å². The molecular weight excluding hydrogens is 296 g/mol. The normalized spacial score (nSPS) is 21.2. The summed E-state index contributed by atoms with van der Waals surface area (Å²) in [6, 6.07) is 7.84. The van der Waals surface area contributed by atoms with Gasteiger partial charge in [0.25, 0.3) is 0 Å². The van der Waals surface area contributed by atoms with Crippen LogP contribution in [0.5, 0.6) is 5.75 Å². The highest BCUT2D eigenvalue weighted by Crippen LogP contribution is 2.32. The Kier molecular flexibility index (Phi) is 4.69. The molecule has 1 saturated heterocycles. The maximum atomic E-state index is 12.3. The number of fused-ring (bicyclic) bond motifs is 1. The number of hydrogen-bond donors (Lipinski definition) is 2. The van der Waals surface area contributed by atoms with Gasteiger partial charge in [-0.2, -0.15) is 0 Å². The molecule has 6 heteroatoms. The van der Waals surface area contributed by atoms with Crippen molar-refractivity contribution in [2.24, 2.45) is 5.92 Å². The summed E-state index contributed by atoms with van der Waals surface area (Å²) >= 11 is 0. The van der Waals surface area contributed by atoms with Crippen molar-refractivity contribution >= 4 is 12.0 Å². The van der Waals surface area contributed by atoms with E-state index in [9.17, 15) is 9.59 Å². The van der Waals surface area contributed by atoms with Crippen molar-refractivity contribution in [2.45, 2.75) is 25.2 Å². The second kappa shape index (κ2) is 6.89. The molecule has 2 aliphatic heterocycles. The van der Waals surface area contributed by atoms with Crippen molar-refractivity contribution < 1.29 is 19.4 Å². The smallest absolute Gasteiger partial charge is 0.317 e. The Hall–Kier alpha value is -2.24. The molecule has 2 heterocycles. The number of nitrogens with one attached hydrogen (secondary N) is 1. The summed E-state index contributed by atoms with van der Waals surface area (Å²) in [5, 5.41) is 12.0. The zero-order valence-electron chi connectivity index (χ0n) is 13.0. The first kappa shape index (κ1) is 15.6. The molecule has 124 valence electrons. The van der Waals surface area contributed by atoms with Gasteiger partial charge >= 0.3 is 12.0 Å². The number of carbonyl (C=O) groups is 2. The number of carboxylic acid groups (broad SMARTS) is 1. The number of nitrogens with zero attached hydrogens (tertiary/aromatic N) is 1. The zero-order valence-corrected chi connectivity index (χ0v) is 13.0. The number of carboxylic acids is 1. The van der Waals surface area contributed by atoms with Gasteiger partial charge in [-0.15, -0.1) is 0 Å². The van der Waals surface area contributed by atoms with Crippen LogP contribution < -0.4 is 10.1 Å². The lowest BCUT2D eigenvalue weighted by atomic mass is 9.93. The average Bonchev–Trinajstić information content (AvgIpc) is 2.59. The van der Waals surface area contributed by atoms with Crippen LogP contribution >= 0.6 is 0 Å². The van der Waals surface area contributed by atoms with E-state index in [0.29, 0.717) is 39.1 Å². The number of carbonyl (C=O) groups excluding carboxylic acids is 1. The predicted octanol–water partition coefficient (Wildman–Crippen LogP) is 2.06. The molecule has 0 saturated carbocycles. The molecule has 6 nitrogen and oxygen atoms in total. The number of amides is 2. The fourth-order valence-corrected chi connectivity index (χ4v) is 3.28. The number of piperidine rings is 1. The van der Waals surface area contributed by atoms with Crippen LogP contribution in [0.2, 0.25) is 0 Å². The molecule has 3 rings (SSSR count). The number of urea groups is 1. The Morgan fingerprint density at radius 1 is 1.22 bits per heavy atom. The van der Waals surface area contributed by atoms with Gasteiger partial charge in [-0.3, -0.25) is 4.79 Å². The van der Waals surface area contributed by atoms with Crippen molar-refractivity contribution in [3.8, 4) is 5.75 Å². The van der Waals surface area contributed by atoms with Gasteiger partial charge in [-0.25, -0.2) is 4.79 Å². The molecule has 2 aliphatic rings. The standard InChI is InChI=1S/C17H22N2O4/c20-16(21)12-5-8-19(9-6-12)17(22)18-11-13-7-10-23-15-4-2-1-3-14(13)15/h1-4,12-13H,5-11H2,(H,18,22)(H,20,21). The van der Waals surface area contributed by atoms with Gasteiger partial charge in [-0.1, -0.05) is 18.2 Å². The van der Waals surface area contributed by atoms with Crippen LogP contribution in [-0.4, -0.2) is 48.2 Å². The first-order valence-corrected chi connectivity index (χ1v) is 8.12. The van der Waals surface area contributed by atoms with Crippen LogP contribution in [0.4, 0.5) is 4.79 Å². The molecule has 0 aromatic heterocycles. The van der Waals surface area contributed by atoms with Gasteiger partial charge in [0.15, 0.2) is 0 Å². The Morgan fingerprint density at radius 2 is 1.96 bits per heavy atom. The predicted molar refractivity (Wildman–Crippen MR) is 84.6 cm³/mol. The molecule has 1 aromatic carbocycles. The molecule has 0 aliphatic carbocycles. The second-order valence-corrected chi connectivity index (χ2v) is 6.16. The third-order valence-electron chi connectivity index (χ3n) is 4.71. The van der Waals surface area contributed by atoms with Crippen LogP contribution in [0.3, 0.4) is 0 Å². The third-order valence-corrected chi connectivity index (χ3v) is 4.71. The summed E-state index contributed by atoms with van der Waals surface area (Å²) in [4.78, 5) is 24.9. The maximum absolute atomic E-state index is 12.3. The molecule has 0 radical (unpaired) electrons. The molecule has 1 unspecified atom stereocenters. The fourth-order valence-electron chi connectivity index (χ4n) is 3.28. The van der Waals surface area contributed by atoms with E-state index in [1.54, 1.807) is 4.90 Å². The molecular formula is C17H22N2O4. The van der Waals surface area contributed by atoms with Gasteiger partial charge < -0.3 is 20.1 Å². The highest BCUT2D eigenvalue weighted by Gasteiger charge is 2.28. The highest BCUT2D eigenvalue weighted by molar-refractivity contribution is 5.75. The number of para-hydroxylation sites is 1. The largest absolute Gasteiger partial charge is 0.493 e. The van der Waals surface area contributed by atoms with E-state index in [2.05, 4.69) is 5.32 Å². The summed E-state index contributed by atoms with van der Waals surface area (Å²) in [6.07, 6.45) is 1.95. The Balaban J connectivity index is 1.51. The second-order valence-electron chi connectivity index (χ2n) is 6.16. The minimum atomic E-state index is -0.760. The third kappa shape index (κ3) is 3.57. The van der Waals surface area contributed by atoms with Crippen LogP contribution in [0, 0.1) is 5.92 Å². The summed E-state index contributed by atoms with van der Waals surface area (Å²) in [7, 11) is 0. The van der Waals surface area contributed by atoms with E-state index in [4.69, 9.17) is 9.84 Å². The van der Waals surface area contributed by atoms with Crippen molar-refractivity contribution in [3.63, 3.8) is 0 Å². The summed E-state index contributed by atoms with van der Waals surface area (Å²) in [6.45, 7) is 2.26. The summed E-state index contributed by atoms with van der Waals surface area (Å²) in [5.41, 5.74) is 1.14. The number of ether oxygens (including phenoxy) is 1. The van der Waals surface area contributed by atoms with Gasteiger partial charge in [0.2, 0.25) is 0 Å². The Morgan fingerprint density at radius 3 is 2.70 bits per heavy atom. The molecule has 1 fully saturated rings. The first-order chi connectivity index (χ1) is 11.1. The number of likely N-dealkylation sites (tertiary alicyclic amines) is 1. The number of aliphatic carboxylic acids is 1. The van der Waals surface area contributed by atoms with Crippen LogP contribution in [0.25, 0.3) is 0 Å². The van der Waals surface area contributed by atoms with Gasteiger partial charge in [0.05, 0.1) is 12.5 Å². The van der Waals surface area contributed by atoms with Crippen molar-refractivity contribution in [1.29, 1.82) is 0 Å². The van der Waals surface area contributed by atoms with E-state index in [-0.39, 0.29) is 17.9 Å². The topological polar surface area (TPSA) is 78.9 Å². The lowest BCUT2D eigenvalue weighted by Crippen LogP contribution is -2.46. The SMILES string of the molecule is O=C(O)C1CCN(C(=O)NCC2CCOc3ccccc32)CC1. The first-order valence-electron chi connectivity index (χ1n) is 8.12. The van der Waals surface area contributed by atoms with Gasteiger partial charge in [-0.05, 0) is 30.9 Å². The van der Waals surface area contributed by atoms with Crippen LogP contribution in [0.1, 0.15) is 30.7 Å². The number of hydrogen-bond acceptors (Lipinski definition) is 3. The molecule has 2 N–H and O–H groups in total. The molecule has 1 aromatic rings. The number of rotatable bonds is 3. The fraction of sp³-hybridized carbons (Fsp3) is 0.529. The quantitative estimate of drug-likeness (QED) is 0.894. The lowest BCUT2D eigenvalue weighted by molar-refractivity contribution is -0.143. The van der Waals surface area contributed by atoms with E-state index in [1.807, 2.05) is 24.3 Å². The highest BCUT2D eigenvalue weighted by atomic mass is 16.5. The van der Waals surface area contributed by atoms with Crippen LogP contribution in [0.15, 0.2) is 24.3 Å². The summed E-state index contributed by atoms with van der Waals surface area (Å²) in [5.74, 6) is 0.0889. The molecule has 0 spiro atoms. The zero-order chi connectivity index (χ0) is 16.2. The average molecular weight is 318 g/mol. The van der Waals surface area contributed by atoms with E-state index < -0.39 is 5.97 Å².